The minimum absolute atomic E-state index is 0.274. The Hall–Kier alpha value is -0.990. The van der Waals surface area contributed by atoms with Gasteiger partial charge in [0, 0.05) is 0 Å². The van der Waals surface area contributed by atoms with Gasteiger partial charge in [0.05, 0.1) is 0 Å². The van der Waals surface area contributed by atoms with Crippen LogP contribution in [-0.2, 0) is 14.3 Å². The minimum Gasteiger partial charge on any atom is -0.494 e. The van der Waals surface area contributed by atoms with Gasteiger partial charge < -0.3 is 9.47 Å². The van der Waals surface area contributed by atoms with Crippen LogP contribution >= 0.6 is 0 Å². The highest BCUT2D eigenvalue weighted by molar-refractivity contribution is 5.69. The van der Waals surface area contributed by atoms with Crippen LogP contribution < -0.4 is 0 Å². The summed E-state index contributed by atoms with van der Waals surface area (Å²) in [5.41, 5.74) is 0. The maximum Gasteiger partial charge on any atom is 0.193 e. The van der Waals surface area contributed by atoms with Crippen molar-refractivity contribution < 1.29 is 14.3 Å². The molecule has 3 heteroatoms. The van der Waals surface area contributed by atoms with E-state index < -0.39 is 0 Å². The van der Waals surface area contributed by atoms with Gasteiger partial charge in [0.15, 0.2) is 12.0 Å². The van der Waals surface area contributed by atoms with Crippen LogP contribution in [-0.4, -0.2) is 19.5 Å². The van der Waals surface area contributed by atoms with Crippen LogP contribution in [0.4, 0.5) is 0 Å². The van der Waals surface area contributed by atoms with Gasteiger partial charge in [-0.15, -0.1) is 0 Å². The largest absolute Gasteiger partial charge is 0.494 e. The molecule has 1 rings (SSSR count). The van der Waals surface area contributed by atoms with E-state index in [1.165, 1.54) is 6.26 Å². The molecule has 0 N–H and O–H groups in total. The Morgan fingerprint density at radius 2 is 2.50 bits per heavy atom. The Balaban J connectivity index is 2.49. The van der Waals surface area contributed by atoms with Gasteiger partial charge in [0.2, 0.25) is 0 Å². The van der Waals surface area contributed by atoms with E-state index >= 15 is 0 Å². The highest BCUT2D eigenvalue weighted by atomic mass is 16.6. The molecule has 0 aromatic heterocycles. The van der Waals surface area contributed by atoms with Crippen LogP contribution in [0, 0.1) is 0 Å². The summed E-state index contributed by atoms with van der Waals surface area (Å²) in [7, 11) is 0. The lowest BCUT2D eigenvalue weighted by atomic mass is 10.6. The highest BCUT2D eigenvalue weighted by Gasteiger charge is 2.00. The van der Waals surface area contributed by atoms with Gasteiger partial charge in [-0.2, -0.15) is 0 Å². The van der Waals surface area contributed by atoms with Crippen molar-refractivity contribution in [2.24, 2.45) is 0 Å². The molecule has 8 heavy (non-hydrogen) atoms. The van der Waals surface area contributed by atoms with Crippen molar-refractivity contribution in [2.45, 2.75) is 0 Å². The third-order valence-electron chi connectivity index (χ3n) is 0.786. The summed E-state index contributed by atoms with van der Waals surface area (Å²) in [4.78, 5) is 9.89. The summed E-state index contributed by atoms with van der Waals surface area (Å²) in [5, 5.41) is 0. The summed E-state index contributed by atoms with van der Waals surface area (Å²) < 4.78 is 9.55. The molecule has 0 unspecified atom stereocenters. The molecule has 3 nitrogen and oxygen atoms in total. The van der Waals surface area contributed by atoms with Gasteiger partial charge in [-0.1, -0.05) is 0 Å². The second-order valence-electron chi connectivity index (χ2n) is 1.36. The first-order valence-electron chi connectivity index (χ1n) is 2.33. The first-order chi connectivity index (χ1) is 3.93. The number of rotatable bonds is 1. The number of allylic oxidation sites excluding steroid dienone is 1. The number of aldehydes is 1. The van der Waals surface area contributed by atoms with Crippen molar-refractivity contribution >= 4 is 6.29 Å². The summed E-state index contributed by atoms with van der Waals surface area (Å²) in [6.45, 7) is 1.02. The molecule has 1 aliphatic rings. The average molecular weight is 114 g/mol. The molecule has 1 aliphatic heterocycles. The molecular formula is C5H6O3. The molecule has 0 radical (unpaired) electrons. The molecule has 0 saturated carbocycles. The summed E-state index contributed by atoms with van der Waals surface area (Å²) in [5.74, 6) is 0.274. The lowest BCUT2D eigenvalue weighted by Crippen LogP contribution is -2.08. The Kier molecular flexibility index (Phi) is 1.51. The molecule has 0 bridgehead atoms. The number of carbonyl (C=O) groups excluding carboxylic acids is 1. The molecule has 44 valence electrons. The molecule has 0 aromatic carbocycles. The van der Waals surface area contributed by atoms with Crippen molar-refractivity contribution in [3.8, 4) is 0 Å². The van der Waals surface area contributed by atoms with E-state index in [0.29, 0.717) is 19.5 Å². The third-order valence-corrected chi connectivity index (χ3v) is 0.786. The first kappa shape index (κ1) is 5.15. The smallest absolute Gasteiger partial charge is 0.193 e. The molecule has 0 saturated heterocycles. The van der Waals surface area contributed by atoms with Crippen molar-refractivity contribution in [3.63, 3.8) is 0 Å². The van der Waals surface area contributed by atoms with E-state index in [1.807, 2.05) is 0 Å². The van der Waals surface area contributed by atoms with Crippen molar-refractivity contribution in [1.82, 2.24) is 0 Å². The zero-order valence-electron chi connectivity index (χ0n) is 4.29. The van der Waals surface area contributed by atoms with Gasteiger partial charge in [0.1, 0.15) is 19.5 Å². The van der Waals surface area contributed by atoms with E-state index in [4.69, 9.17) is 9.47 Å². The Morgan fingerprint density at radius 1 is 1.62 bits per heavy atom. The molecule has 0 amide bonds. The fraction of sp³-hybridized carbons (Fsp3) is 0.400. The molecule has 0 spiro atoms. The van der Waals surface area contributed by atoms with Crippen LogP contribution in [0.25, 0.3) is 0 Å². The van der Waals surface area contributed by atoms with Crippen molar-refractivity contribution in [3.05, 3.63) is 12.0 Å². The quantitative estimate of drug-likeness (QED) is 0.452. The number of hydrogen-bond acceptors (Lipinski definition) is 3. The Labute approximate surface area is 46.9 Å². The van der Waals surface area contributed by atoms with E-state index in [-0.39, 0.29) is 5.76 Å². The Bertz CT molecular complexity index is 117. The average Bonchev–Trinajstić information content (AvgIpc) is 1.90. The van der Waals surface area contributed by atoms with Crippen LogP contribution in [0.3, 0.4) is 0 Å². The number of hydrogen-bond donors (Lipinski definition) is 0. The fourth-order valence-electron chi connectivity index (χ4n) is 0.445. The first-order valence-corrected chi connectivity index (χ1v) is 2.33. The molecule has 0 aliphatic carbocycles. The predicted molar refractivity (Wildman–Crippen MR) is 26.1 cm³/mol. The lowest BCUT2D eigenvalue weighted by molar-refractivity contribution is -0.109. The van der Waals surface area contributed by atoms with E-state index in [1.54, 1.807) is 0 Å². The number of carbonyl (C=O) groups is 1. The van der Waals surface area contributed by atoms with E-state index in [9.17, 15) is 4.79 Å². The van der Waals surface area contributed by atoms with Gasteiger partial charge in [0.25, 0.3) is 0 Å². The standard InChI is InChI=1S/C5H6O3/c6-3-5-4-7-1-2-8-5/h3-4H,1-2H2. The third kappa shape index (κ3) is 0.992. The SMILES string of the molecule is O=CC1=COCCO1. The predicted octanol–water partition coefficient (Wildman–Crippen LogP) is 0.0735. The van der Waals surface area contributed by atoms with E-state index in [2.05, 4.69) is 0 Å². The van der Waals surface area contributed by atoms with Gasteiger partial charge in [-0.3, -0.25) is 4.79 Å². The highest BCUT2D eigenvalue weighted by Crippen LogP contribution is 1.98. The lowest BCUT2D eigenvalue weighted by Gasteiger charge is -2.09. The molecular weight excluding hydrogens is 108 g/mol. The summed E-state index contributed by atoms with van der Waals surface area (Å²) in [6.07, 6.45) is 1.94. The van der Waals surface area contributed by atoms with Crippen molar-refractivity contribution in [2.75, 3.05) is 13.2 Å². The van der Waals surface area contributed by atoms with Crippen LogP contribution in [0.5, 0.6) is 0 Å². The normalized spacial score (nSPS) is 17.8. The zero-order valence-corrected chi connectivity index (χ0v) is 4.29. The topological polar surface area (TPSA) is 35.5 Å². The summed E-state index contributed by atoms with van der Waals surface area (Å²) >= 11 is 0. The molecule has 0 aromatic rings. The molecule has 1 heterocycles. The van der Waals surface area contributed by atoms with Gasteiger partial charge >= 0.3 is 0 Å². The second-order valence-corrected chi connectivity index (χ2v) is 1.36. The van der Waals surface area contributed by atoms with Crippen LogP contribution in [0.15, 0.2) is 12.0 Å². The van der Waals surface area contributed by atoms with Crippen molar-refractivity contribution in [1.29, 1.82) is 0 Å². The maximum atomic E-state index is 9.89. The molecule has 0 fully saturated rings. The monoisotopic (exact) mass is 114 g/mol. The number of ether oxygens (including phenoxy) is 2. The van der Waals surface area contributed by atoms with Crippen LogP contribution in [0.2, 0.25) is 0 Å². The minimum atomic E-state index is 0.274. The van der Waals surface area contributed by atoms with Crippen LogP contribution in [0.1, 0.15) is 0 Å². The second kappa shape index (κ2) is 2.35. The summed E-state index contributed by atoms with van der Waals surface area (Å²) in [6, 6.07) is 0. The zero-order chi connectivity index (χ0) is 5.82. The van der Waals surface area contributed by atoms with Gasteiger partial charge in [-0.05, 0) is 0 Å². The van der Waals surface area contributed by atoms with E-state index in [0.717, 1.165) is 0 Å². The maximum absolute atomic E-state index is 9.89. The Morgan fingerprint density at radius 3 is 2.88 bits per heavy atom. The van der Waals surface area contributed by atoms with Gasteiger partial charge in [-0.25, -0.2) is 0 Å². The fourth-order valence-corrected chi connectivity index (χ4v) is 0.445. The molecule has 0 atom stereocenters.